The highest BCUT2D eigenvalue weighted by molar-refractivity contribution is 5.67. The fourth-order valence-electron chi connectivity index (χ4n) is 1.60. The molecule has 1 N–H and O–H groups in total. The van der Waals surface area contributed by atoms with Crippen LogP contribution in [0.5, 0.6) is 0 Å². The molecule has 0 atom stereocenters. The topological polar surface area (TPSA) is 84.1 Å². The fourth-order valence-corrected chi connectivity index (χ4v) is 1.60. The van der Waals surface area contributed by atoms with Crippen LogP contribution in [0.2, 0.25) is 0 Å². The van der Waals surface area contributed by atoms with E-state index in [1.165, 1.54) is 0 Å². The van der Waals surface area contributed by atoms with Crippen LogP contribution in [-0.2, 0) is 11.8 Å². The first-order chi connectivity index (χ1) is 6.66. The maximum atomic E-state index is 10.4. The van der Waals surface area contributed by atoms with E-state index in [2.05, 4.69) is 15.5 Å². The van der Waals surface area contributed by atoms with Gasteiger partial charge in [0.1, 0.15) is 0 Å². The fraction of sp³-hybridized carbons (Fsp3) is 0.714. The highest BCUT2D eigenvalue weighted by Crippen LogP contribution is 2.23. The Kier molecular flexibility index (Phi) is 2.06. The van der Waals surface area contributed by atoms with Gasteiger partial charge in [0.15, 0.2) is 0 Å². The predicted molar refractivity (Wildman–Crippen MR) is 46.8 cm³/mol. The molecule has 0 saturated carbocycles. The molecule has 0 bridgehead atoms. The quantitative estimate of drug-likeness (QED) is 0.677. The van der Waals surface area contributed by atoms with Gasteiger partial charge in [-0.05, 0) is 10.4 Å². The van der Waals surface area contributed by atoms with Gasteiger partial charge in [0.05, 0.1) is 6.42 Å². The van der Waals surface area contributed by atoms with Crippen LogP contribution in [0.15, 0.2) is 0 Å². The minimum atomic E-state index is -0.745. The standard InChI is InChI=1S/C7H11N5O2/c1-11-7(8-9-10-11)12-3-5(4-12)2-6(13)14/h5H,2-4H2,1H3,(H,13,14). The summed E-state index contributed by atoms with van der Waals surface area (Å²) in [5, 5.41) is 19.6. The normalized spacial score (nSPS) is 16.8. The molecule has 1 fully saturated rings. The summed E-state index contributed by atoms with van der Waals surface area (Å²) in [7, 11) is 1.76. The molecule has 1 aliphatic heterocycles. The number of carbonyl (C=O) groups is 1. The van der Waals surface area contributed by atoms with Crippen LogP contribution in [0.4, 0.5) is 5.95 Å². The van der Waals surface area contributed by atoms with Crippen LogP contribution >= 0.6 is 0 Å². The molecule has 0 aromatic carbocycles. The summed E-state index contributed by atoms with van der Waals surface area (Å²) < 4.78 is 1.58. The Bertz CT molecular complexity index is 344. The van der Waals surface area contributed by atoms with Crippen molar-refractivity contribution in [3.05, 3.63) is 0 Å². The van der Waals surface area contributed by atoms with Crippen LogP contribution in [0, 0.1) is 5.92 Å². The average molecular weight is 197 g/mol. The summed E-state index contributed by atoms with van der Waals surface area (Å²) in [6.45, 7) is 1.45. The number of aryl methyl sites for hydroxylation is 1. The molecular weight excluding hydrogens is 186 g/mol. The average Bonchev–Trinajstić information content (AvgIpc) is 2.42. The van der Waals surface area contributed by atoms with E-state index >= 15 is 0 Å². The lowest BCUT2D eigenvalue weighted by molar-refractivity contribution is -0.138. The van der Waals surface area contributed by atoms with Crippen molar-refractivity contribution in [3.63, 3.8) is 0 Å². The monoisotopic (exact) mass is 197 g/mol. The first-order valence-electron chi connectivity index (χ1n) is 4.36. The third-order valence-electron chi connectivity index (χ3n) is 2.30. The van der Waals surface area contributed by atoms with E-state index in [1.54, 1.807) is 11.7 Å². The van der Waals surface area contributed by atoms with Gasteiger partial charge in [-0.1, -0.05) is 5.10 Å². The summed E-state index contributed by atoms with van der Waals surface area (Å²) in [6.07, 6.45) is 0.224. The van der Waals surface area contributed by atoms with Gasteiger partial charge in [0.2, 0.25) is 5.95 Å². The van der Waals surface area contributed by atoms with Crippen LogP contribution in [-0.4, -0.2) is 44.4 Å². The lowest BCUT2D eigenvalue weighted by Crippen LogP contribution is -2.48. The summed E-state index contributed by atoms with van der Waals surface area (Å²) in [5.74, 6) is 0.182. The molecule has 1 aromatic rings. The van der Waals surface area contributed by atoms with Crippen molar-refractivity contribution in [2.75, 3.05) is 18.0 Å². The van der Waals surface area contributed by atoms with Crippen LogP contribution in [0.3, 0.4) is 0 Å². The van der Waals surface area contributed by atoms with Gasteiger partial charge in [-0.3, -0.25) is 4.79 Å². The van der Waals surface area contributed by atoms with Gasteiger partial charge < -0.3 is 10.0 Å². The molecule has 7 heteroatoms. The molecule has 2 rings (SSSR count). The zero-order valence-electron chi connectivity index (χ0n) is 7.79. The maximum Gasteiger partial charge on any atom is 0.303 e. The zero-order chi connectivity index (χ0) is 10.1. The summed E-state index contributed by atoms with van der Waals surface area (Å²) in [5.41, 5.74) is 0. The summed E-state index contributed by atoms with van der Waals surface area (Å²) in [4.78, 5) is 12.4. The smallest absolute Gasteiger partial charge is 0.303 e. The number of hydrogen-bond acceptors (Lipinski definition) is 5. The summed E-state index contributed by atoms with van der Waals surface area (Å²) in [6, 6.07) is 0. The number of rotatable bonds is 3. The Morgan fingerprint density at radius 2 is 2.36 bits per heavy atom. The van der Waals surface area contributed by atoms with Crippen molar-refractivity contribution < 1.29 is 9.90 Å². The molecule has 1 aromatic heterocycles. The van der Waals surface area contributed by atoms with E-state index in [0.717, 1.165) is 13.1 Å². The van der Waals surface area contributed by atoms with Gasteiger partial charge in [-0.2, -0.15) is 0 Å². The predicted octanol–water partition coefficient (Wildman–Crippen LogP) is -0.879. The van der Waals surface area contributed by atoms with Gasteiger partial charge in [-0.15, -0.1) is 0 Å². The maximum absolute atomic E-state index is 10.4. The van der Waals surface area contributed by atoms with Gasteiger partial charge >= 0.3 is 5.97 Å². The van der Waals surface area contributed by atoms with Gasteiger partial charge in [-0.25, -0.2) is 4.68 Å². The number of hydrogen-bond donors (Lipinski definition) is 1. The Hall–Kier alpha value is -1.66. The minimum Gasteiger partial charge on any atom is -0.481 e. The van der Waals surface area contributed by atoms with E-state index in [0.29, 0.717) is 5.95 Å². The summed E-state index contributed by atoms with van der Waals surface area (Å²) >= 11 is 0. The van der Waals surface area contributed by atoms with E-state index in [-0.39, 0.29) is 12.3 Å². The second-order valence-corrected chi connectivity index (χ2v) is 3.47. The first-order valence-corrected chi connectivity index (χ1v) is 4.36. The number of carboxylic acids is 1. The van der Waals surface area contributed by atoms with Crippen molar-refractivity contribution in [3.8, 4) is 0 Å². The molecule has 1 saturated heterocycles. The third-order valence-corrected chi connectivity index (χ3v) is 2.30. The van der Waals surface area contributed by atoms with Gasteiger partial charge in [0, 0.05) is 26.1 Å². The number of aliphatic carboxylic acids is 1. The second kappa shape index (κ2) is 3.24. The molecule has 2 heterocycles. The molecule has 0 unspecified atom stereocenters. The molecule has 1 aliphatic rings. The second-order valence-electron chi connectivity index (χ2n) is 3.47. The Morgan fingerprint density at radius 3 is 2.86 bits per heavy atom. The molecule has 14 heavy (non-hydrogen) atoms. The third kappa shape index (κ3) is 1.52. The number of nitrogens with zero attached hydrogens (tertiary/aromatic N) is 5. The lowest BCUT2D eigenvalue weighted by atomic mass is 9.97. The molecule has 0 radical (unpaired) electrons. The van der Waals surface area contributed by atoms with E-state index in [9.17, 15) is 4.79 Å². The number of carboxylic acid groups (broad SMARTS) is 1. The Morgan fingerprint density at radius 1 is 1.64 bits per heavy atom. The largest absolute Gasteiger partial charge is 0.481 e. The van der Waals surface area contributed by atoms with Crippen molar-refractivity contribution in [1.82, 2.24) is 20.2 Å². The lowest BCUT2D eigenvalue weighted by Gasteiger charge is -2.38. The van der Waals surface area contributed by atoms with E-state index in [1.807, 2.05) is 4.90 Å². The Labute approximate surface area is 80.3 Å². The number of tetrazole rings is 1. The van der Waals surface area contributed by atoms with Crippen molar-refractivity contribution >= 4 is 11.9 Å². The molecular formula is C7H11N5O2. The van der Waals surface area contributed by atoms with Crippen LogP contribution in [0.25, 0.3) is 0 Å². The Balaban J connectivity index is 1.89. The highest BCUT2D eigenvalue weighted by atomic mass is 16.4. The number of anilines is 1. The van der Waals surface area contributed by atoms with Gasteiger partial charge in [0.25, 0.3) is 0 Å². The molecule has 0 aliphatic carbocycles. The van der Waals surface area contributed by atoms with Crippen molar-refractivity contribution in [2.24, 2.45) is 13.0 Å². The van der Waals surface area contributed by atoms with Crippen LogP contribution in [0.1, 0.15) is 6.42 Å². The van der Waals surface area contributed by atoms with Crippen molar-refractivity contribution in [2.45, 2.75) is 6.42 Å². The molecule has 7 nitrogen and oxygen atoms in total. The van der Waals surface area contributed by atoms with Crippen LogP contribution < -0.4 is 4.90 Å². The highest BCUT2D eigenvalue weighted by Gasteiger charge is 2.31. The van der Waals surface area contributed by atoms with Crippen molar-refractivity contribution in [1.29, 1.82) is 0 Å². The van der Waals surface area contributed by atoms with E-state index in [4.69, 9.17) is 5.11 Å². The number of aromatic nitrogens is 4. The zero-order valence-corrected chi connectivity index (χ0v) is 7.79. The molecule has 0 spiro atoms. The molecule has 0 amide bonds. The SMILES string of the molecule is Cn1nnnc1N1CC(CC(=O)O)C1. The van der Waals surface area contributed by atoms with E-state index < -0.39 is 5.97 Å². The minimum absolute atomic E-state index is 0.224. The molecule has 76 valence electrons. The first kappa shape index (κ1) is 8.92.